The largest absolute Gasteiger partial charge is 0.358 e. The number of nitrogens with zero attached hydrogens (tertiary/aromatic N) is 3. The average molecular weight is 278 g/mol. The zero-order valence-electron chi connectivity index (χ0n) is 8.99. The van der Waals surface area contributed by atoms with Crippen LogP contribution >= 0.6 is 15.9 Å². The second-order valence-corrected chi connectivity index (χ2v) is 10.7. The molecule has 0 N–H and O–H groups in total. The van der Waals surface area contributed by atoms with Crippen LogP contribution in [0.3, 0.4) is 0 Å². The van der Waals surface area contributed by atoms with Crippen molar-refractivity contribution in [3.8, 4) is 0 Å². The van der Waals surface area contributed by atoms with Gasteiger partial charge in [0.15, 0.2) is 6.73 Å². The molecular formula is C8H16BrN3OSi. The van der Waals surface area contributed by atoms with Crippen LogP contribution in [-0.4, -0.2) is 28.8 Å². The fraction of sp³-hybridized carbons (Fsp3) is 0.750. The van der Waals surface area contributed by atoms with E-state index in [1.165, 1.54) is 0 Å². The van der Waals surface area contributed by atoms with Gasteiger partial charge in [-0.15, -0.1) is 5.10 Å². The fourth-order valence-corrected chi connectivity index (χ4v) is 1.62. The summed E-state index contributed by atoms with van der Waals surface area (Å²) in [6.07, 6.45) is 1.66. The molecule has 0 aliphatic heterocycles. The summed E-state index contributed by atoms with van der Waals surface area (Å²) in [5.74, 6) is 0. The van der Waals surface area contributed by atoms with Crippen molar-refractivity contribution in [2.45, 2.75) is 39.0 Å². The zero-order chi connectivity index (χ0) is 10.8. The lowest BCUT2D eigenvalue weighted by molar-refractivity contribution is 0.0401. The average Bonchev–Trinajstić information content (AvgIpc) is 2.45. The molecule has 0 aliphatic rings. The van der Waals surface area contributed by atoms with E-state index < -0.39 is 8.07 Å². The van der Waals surface area contributed by atoms with Gasteiger partial charge in [-0.25, -0.2) is 0 Å². The molecule has 0 bridgehead atoms. The van der Waals surface area contributed by atoms with Gasteiger partial charge >= 0.3 is 0 Å². The summed E-state index contributed by atoms with van der Waals surface area (Å²) < 4.78 is 6.42. The Labute approximate surface area is 93.8 Å². The molecular weight excluding hydrogens is 262 g/mol. The van der Waals surface area contributed by atoms with Crippen molar-refractivity contribution in [1.82, 2.24) is 15.0 Å². The Hall–Kier alpha value is -0.203. The number of hydrogen-bond donors (Lipinski definition) is 0. The molecule has 80 valence electrons. The normalized spacial score (nSPS) is 14.4. The van der Waals surface area contributed by atoms with Crippen molar-refractivity contribution in [2.75, 3.05) is 0 Å². The highest BCUT2D eigenvalue weighted by atomic mass is 79.9. The maximum atomic E-state index is 5.68. The minimum absolute atomic E-state index is 0.312. The van der Waals surface area contributed by atoms with E-state index in [1.54, 1.807) is 11.0 Å². The third kappa shape index (κ3) is 3.51. The monoisotopic (exact) mass is 277 g/mol. The lowest BCUT2D eigenvalue weighted by atomic mass is 10.8. The predicted octanol–water partition coefficient (Wildman–Crippen LogP) is 2.28. The topological polar surface area (TPSA) is 39.9 Å². The Morgan fingerprint density at radius 1 is 1.57 bits per heavy atom. The van der Waals surface area contributed by atoms with Gasteiger partial charge in [0.2, 0.25) is 0 Å². The van der Waals surface area contributed by atoms with Crippen molar-refractivity contribution < 1.29 is 4.74 Å². The van der Waals surface area contributed by atoms with E-state index in [0.717, 1.165) is 4.60 Å². The summed E-state index contributed by atoms with van der Waals surface area (Å²) in [6.45, 7) is 9.39. The molecule has 0 saturated heterocycles. The first kappa shape index (κ1) is 11.9. The van der Waals surface area contributed by atoms with E-state index in [-0.39, 0.29) is 0 Å². The third-order valence-corrected chi connectivity index (χ3v) is 5.14. The highest BCUT2D eigenvalue weighted by molar-refractivity contribution is 9.10. The molecule has 1 unspecified atom stereocenters. The maximum absolute atomic E-state index is 5.68. The van der Waals surface area contributed by atoms with Gasteiger partial charge in [-0.05, 0) is 22.9 Å². The van der Waals surface area contributed by atoms with Gasteiger partial charge in [0.05, 0.1) is 14.3 Å². The molecule has 0 aromatic carbocycles. The van der Waals surface area contributed by atoms with Crippen molar-refractivity contribution >= 4 is 24.0 Å². The maximum Gasteiger partial charge on any atom is 0.158 e. The van der Waals surface area contributed by atoms with Crippen LogP contribution in [0, 0.1) is 0 Å². The van der Waals surface area contributed by atoms with Crippen LogP contribution in [0.1, 0.15) is 6.92 Å². The van der Waals surface area contributed by atoms with Gasteiger partial charge in [0.25, 0.3) is 0 Å². The molecule has 1 heterocycles. The molecule has 0 fully saturated rings. The Morgan fingerprint density at radius 3 is 2.64 bits per heavy atom. The van der Waals surface area contributed by atoms with Gasteiger partial charge < -0.3 is 4.74 Å². The smallest absolute Gasteiger partial charge is 0.158 e. The molecule has 1 atom stereocenters. The van der Waals surface area contributed by atoms with E-state index in [9.17, 15) is 0 Å². The molecule has 4 nitrogen and oxygen atoms in total. The minimum atomic E-state index is -1.21. The van der Waals surface area contributed by atoms with Crippen molar-refractivity contribution in [3.63, 3.8) is 0 Å². The first-order chi connectivity index (χ1) is 6.39. The summed E-state index contributed by atoms with van der Waals surface area (Å²) in [4.78, 5) is 1.54. The Balaban J connectivity index is 2.41. The van der Waals surface area contributed by atoms with Crippen LogP contribution < -0.4 is 0 Å². The summed E-state index contributed by atoms with van der Waals surface area (Å²) in [5.41, 5.74) is 0.312. The molecule has 0 amide bonds. The molecule has 1 aromatic heterocycles. The first-order valence-electron chi connectivity index (χ1n) is 4.57. The van der Waals surface area contributed by atoms with Gasteiger partial charge in [0.1, 0.15) is 4.60 Å². The second-order valence-electron chi connectivity index (χ2n) is 4.34. The second kappa shape index (κ2) is 4.54. The molecule has 0 spiro atoms. The molecule has 0 aliphatic carbocycles. The van der Waals surface area contributed by atoms with Gasteiger partial charge in [-0.1, -0.05) is 19.6 Å². The Morgan fingerprint density at radius 2 is 2.21 bits per heavy atom. The van der Waals surface area contributed by atoms with E-state index in [2.05, 4.69) is 52.7 Å². The highest BCUT2D eigenvalue weighted by Gasteiger charge is 2.23. The van der Waals surface area contributed by atoms with Crippen LogP contribution in [0.5, 0.6) is 0 Å². The van der Waals surface area contributed by atoms with E-state index in [1.807, 2.05) is 0 Å². The van der Waals surface area contributed by atoms with Crippen molar-refractivity contribution in [1.29, 1.82) is 0 Å². The van der Waals surface area contributed by atoms with Crippen molar-refractivity contribution in [2.24, 2.45) is 0 Å². The number of halogens is 1. The predicted molar refractivity (Wildman–Crippen MR) is 61.6 cm³/mol. The zero-order valence-corrected chi connectivity index (χ0v) is 11.6. The van der Waals surface area contributed by atoms with Crippen LogP contribution in [0.4, 0.5) is 0 Å². The number of rotatable bonds is 4. The van der Waals surface area contributed by atoms with Gasteiger partial charge in [-0.3, -0.25) is 0 Å². The molecule has 0 radical (unpaired) electrons. The quantitative estimate of drug-likeness (QED) is 0.793. The third-order valence-electron chi connectivity index (χ3n) is 2.17. The molecule has 0 saturated carbocycles. The highest BCUT2D eigenvalue weighted by Crippen LogP contribution is 2.11. The van der Waals surface area contributed by atoms with E-state index in [0.29, 0.717) is 12.5 Å². The lowest BCUT2D eigenvalue weighted by Crippen LogP contribution is -2.38. The standard InChI is InChI=1S/C8H16BrN3OSi/c1-7(14(2,3)4)13-6-12-10-5-8(9)11-12/h5,7H,6H2,1-4H3. The minimum Gasteiger partial charge on any atom is -0.358 e. The van der Waals surface area contributed by atoms with Gasteiger partial charge in [-0.2, -0.15) is 9.90 Å². The van der Waals surface area contributed by atoms with E-state index in [4.69, 9.17) is 4.74 Å². The first-order valence-corrected chi connectivity index (χ1v) is 8.94. The van der Waals surface area contributed by atoms with Crippen LogP contribution in [0.15, 0.2) is 10.8 Å². The summed E-state index contributed by atoms with van der Waals surface area (Å²) in [6, 6.07) is 0. The SMILES string of the molecule is CC(OCn1ncc(Br)n1)[Si](C)(C)C. The summed E-state index contributed by atoms with van der Waals surface area (Å²) >= 11 is 3.24. The number of ether oxygens (including phenoxy) is 1. The molecule has 1 aromatic rings. The molecule has 14 heavy (non-hydrogen) atoms. The van der Waals surface area contributed by atoms with E-state index >= 15 is 0 Å². The van der Waals surface area contributed by atoms with Crippen LogP contribution in [-0.2, 0) is 11.5 Å². The number of hydrogen-bond acceptors (Lipinski definition) is 3. The fourth-order valence-electron chi connectivity index (χ4n) is 0.767. The summed E-state index contributed by atoms with van der Waals surface area (Å²) in [5, 5.41) is 8.10. The molecule has 1 rings (SSSR count). The lowest BCUT2D eigenvalue weighted by Gasteiger charge is -2.24. The Bertz CT molecular complexity index is 297. The van der Waals surface area contributed by atoms with Crippen molar-refractivity contribution in [3.05, 3.63) is 10.8 Å². The van der Waals surface area contributed by atoms with Gasteiger partial charge in [0, 0.05) is 5.73 Å². The number of aromatic nitrogens is 3. The van der Waals surface area contributed by atoms with Crippen LogP contribution in [0.25, 0.3) is 0 Å². The Kier molecular flexibility index (Phi) is 3.85. The van der Waals surface area contributed by atoms with Crippen LogP contribution in [0.2, 0.25) is 19.6 Å². The summed E-state index contributed by atoms with van der Waals surface area (Å²) in [7, 11) is -1.21. The molecule has 6 heteroatoms.